The van der Waals surface area contributed by atoms with Crippen molar-refractivity contribution in [3.05, 3.63) is 33.6 Å². The summed E-state index contributed by atoms with van der Waals surface area (Å²) in [6.07, 6.45) is 4.97. The van der Waals surface area contributed by atoms with E-state index < -0.39 is 0 Å². The van der Waals surface area contributed by atoms with Crippen molar-refractivity contribution in [3.8, 4) is 0 Å². The quantitative estimate of drug-likeness (QED) is 0.857. The lowest BCUT2D eigenvalue weighted by molar-refractivity contribution is 0.233. The van der Waals surface area contributed by atoms with Gasteiger partial charge in [-0.3, -0.25) is 0 Å². The molecule has 0 radical (unpaired) electrons. The van der Waals surface area contributed by atoms with Gasteiger partial charge in [0, 0.05) is 17.1 Å². The number of carbonyl (C=O) groups excluding carboxylic acids is 1. The average Bonchev–Trinajstić information content (AvgIpc) is 3.09. The smallest absolute Gasteiger partial charge is 0.315 e. The third kappa shape index (κ3) is 3.65. The predicted molar refractivity (Wildman–Crippen MR) is 83.6 cm³/mol. The molecule has 1 aliphatic carbocycles. The highest BCUT2D eigenvalue weighted by Gasteiger charge is 2.35. The maximum Gasteiger partial charge on any atom is 0.315 e. The van der Waals surface area contributed by atoms with Crippen molar-refractivity contribution >= 4 is 17.4 Å². The largest absolute Gasteiger partial charge is 0.359 e. The van der Waals surface area contributed by atoms with E-state index in [1.54, 1.807) is 11.3 Å². The first kappa shape index (κ1) is 15.0. The summed E-state index contributed by atoms with van der Waals surface area (Å²) >= 11 is 1.64. The Morgan fingerprint density at radius 3 is 2.95 bits per heavy atom. The van der Waals surface area contributed by atoms with Crippen molar-refractivity contribution in [1.29, 1.82) is 0 Å². The molecular formula is C15H20N4O2S. The summed E-state index contributed by atoms with van der Waals surface area (Å²) < 4.78 is 5.16. The van der Waals surface area contributed by atoms with E-state index >= 15 is 0 Å². The molecule has 0 unspecified atom stereocenters. The van der Waals surface area contributed by atoms with Crippen molar-refractivity contribution in [1.82, 2.24) is 20.8 Å². The summed E-state index contributed by atoms with van der Waals surface area (Å²) in [4.78, 5) is 17.7. The predicted octanol–water partition coefficient (Wildman–Crippen LogP) is 2.95. The first-order valence-electron chi connectivity index (χ1n) is 7.57. The van der Waals surface area contributed by atoms with E-state index in [4.69, 9.17) is 4.52 Å². The number of nitrogens with zero attached hydrogens (tertiary/aromatic N) is 2. The van der Waals surface area contributed by atoms with Crippen molar-refractivity contribution < 1.29 is 9.32 Å². The van der Waals surface area contributed by atoms with Gasteiger partial charge in [0.15, 0.2) is 5.76 Å². The van der Waals surface area contributed by atoms with Crippen LogP contribution in [0.25, 0.3) is 0 Å². The minimum absolute atomic E-state index is 0.0135. The number of hydrogen-bond donors (Lipinski definition) is 2. The number of amides is 2. The number of aryl methyl sites for hydroxylation is 2. The van der Waals surface area contributed by atoms with Crippen molar-refractivity contribution in [3.63, 3.8) is 0 Å². The molecule has 2 N–H and O–H groups in total. The second kappa shape index (κ2) is 6.48. The molecule has 1 fully saturated rings. The van der Waals surface area contributed by atoms with E-state index in [-0.39, 0.29) is 12.1 Å². The number of thiazole rings is 1. The first-order valence-corrected chi connectivity index (χ1v) is 8.38. The van der Waals surface area contributed by atoms with Crippen LogP contribution in [0.2, 0.25) is 0 Å². The number of hydrogen-bond acceptors (Lipinski definition) is 5. The minimum Gasteiger partial charge on any atom is -0.359 e. The monoisotopic (exact) mass is 320 g/mol. The third-order valence-corrected chi connectivity index (χ3v) is 4.67. The van der Waals surface area contributed by atoms with E-state index in [0.29, 0.717) is 18.2 Å². The molecule has 2 aromatic heterocycles. The van der Waals surface area contributed by atoms with Crippen LogP contribution in [-0.2, 0) is 13.0 Å². The van der Waals surface area contributed by atoms with Crippen LogP contribution in [0.4, 0.5) is 4.79 Å². The molecule has 118 valence electrons. The highest BCUT2D eigenvalue weighted by Crippen LogP contribution is 2.41. The summed E-state index contributed by atoms with van der Waals surface area (Å²) in [5.41, 5.74) is 0.895. The number of nitrogens with one attached hydrogen (secondary N) is 2. The van der Waals surface area contributed by atoms with E-state index in [2.05, 4.69) is 20.8 Å². The second-order valence-corrected chi connectivity index (χ2v) is 6.86. The van der Waals surface area contributed by atoms with Crippen LogP contribution in [0.15, 0.2) is 16.8 Å². The topological polar surface area (TPSA) is 80.0 Å². The fourth-order valence-electron chi connectivity index (χ4n) is 2.29. The summed E-state index contributed by atoms with van der Waals surface area (Å²) in [7, 11) is 0. The van der Waals surface area contributed by atoms with Gasteiger partial charge < -0.3 is 15.2 Å². The van der Waals surface area contributed by atoms with Crippen LogP contribution >= 0.6 is 11.3 Å². The Morgan fingerprint density at radius 2 is 2.36 bits per heavy atom. The lowest BCUT2D eigenvalue weighted by Crippen LogP contribution is -2.38. The minimum atomic E-state index is -0.195. The van der Waals surface area contributed by atoms with Gasteiger partial charge in [0.05, 0.1) is 18.3 Å². The van der Waals surface area contributed by atoms with Gasteiger partial charge in [-0.15, -0.1) is 11.3 Å². The Kier molecular flexibility index (Phi) is 4.42. The van der Waals surface area contributed by atoms with E-state index in [1.807, 2.05) is 26.1 Å². The summed E-state index contributed by atoms with van der Waals surface area (Å²) in [6.45, 7) is 4.38. The van der Waals surface area contributed by atoms with Crippen LogP contribution in [0.3, 0.4) is 0 Å². The Morgan fingerprint density at radius 1 is 1.55 bits per heavy atom. The number of rotatable bonds is 6. The Bertz CT molecular complexity index is 648. The second-order valence-electron chi connectivity index (χ2n) is 5.59. The molecule has 6 nitrogen and oxygen atoms in total. The molecule has 1 atom stereocenters. The van der Waals surface area contributed by atoms with E-state index in [1.165, 1.54) is 0 Å². The number of urea groups is 1. The molecular weight excluding hydrogens is 300 g/mol. The molecule has 1 saturated carbocycles. The van der Waals surface area contributed by atoms with E-state index in [9.17, 15) is 4.79 Å². The Hall–Kier alpha value is -1.89. The standard InChI is InChI=1S/C15H20N4O2S/c1-3-11-6-12(21-19-11)8-17-15(20)18-13(10-4-5-10)14-16-7-9(2)22-14/h6-7,10,13H,3-5,8H2,1-2H3,(H2,17,18,20)/t13-/m1/s1. The highest BCUT2D eigenvalue weighted by atomic mass is 32.1. The average molecular weight is 320 g/mol. The first-order chi connectivity index (χ1) is 10.7. The van der Waals surface area contributed by atoms with Crippen LogP contribution in [0, 0.1) is 12.8 Å². The van der Waals surface area contributed by atoms with Crippen LogP contribution < -0.4 is 10.6 Å². The molecule has 2 aromatic rings. The van der Waals surface area contributed by atoms with Crippen molar-refractivity contribution in [2.24, 2.45) is 5.92 Å². The van der Waals surface area contributed by atoms with Gasteiger partial charge in [0.2, 0.25) is 0 Å². The lowest BCUT2D eigenvalue weighted by atomic mass is 10.2. The molecule has 3 rings (SSSR count). The van der Waals surface area contributed by atoms with Gasteiger partial charge in [0.25, 0.3) is 0 Å². The van der Waals surface area contributed by atoms with Gasteiger partial charge >= 0.3 is 6.03 Å². The molecule has 7 heteroatoms. The molecule has 0 saturated heterocycles. The molecule has 1 aliphatic rings. The molecule has 0 aliphatic heterocycles. The van der Waals surface area contributed by atoms with E-state index in [0.717, 1.165) is 34.8 Å². The summed E-state index contributed by atoms with van der Waals surface area (Å²) in [5, 5.41) is 10.8. The normalized spacial score (nSPS) is 15.5. The van der Waals surface area contributed by atoms with Gasteiger partial charge in [-0.1, -0.05) is 12.1 Å². The Balaban J connectivity index is 1.55. The summed E-state index contributed by atoms with van der Waals surface area (Å²) in [5.74, 6) is 1.17. The zero-order valence-electron chi connectivity index (χ0n) is 12.8. The van der Waals surface area contributed by atoms with Crippen LogP contribution in [0.5, 0.6) is 0 Å². The fourth-order valence-corrected chi connectivity index (χ4v) is 3.21. The van der Waals surface area contributed by atoms with Gasteiger partial charge in [-0.05, 0) is 32.1 Å². The third-order valence-electron chi connectivity index (χ3n) is 3.68. The van der Waals surface area contributed by atoms with Crippen molar-refractivity contribution in [2.45, 2.75) is 45.7 Å². The fraction of sp³-hybridized carbons (Fsp3) is 0.533. The zero-order chi connectivity index (χ0) is 15.5. The van der Waals surface area contributed by atoms with Crippen LogP contribution in [0.1, 0.15) is 47.1 Å². The lowest BCUT2D eigenvalue weighted by Gasteiger charge is -2.16. The van der Waals surface area contributed by atoms with Gasteiger partial charge in [0.1, 0.15) is 5.01 Å². The molecule has 0 aromatic carbocycles. The van der Waals surface area contributed by atoms with Gasteiger partial charge in [-0.25, -0.2) is 9.78 Å². The number of aromatic nitrogens is 2. The maximum absolute atomic E-state index is 12.1. The molecule has 0 spiro atoms. The highest BCUT2D eigenvalue weighted by molar-refractivity contribution is 7.11. The SMILES string of the molecule is CCc1cc(CNC(=O)N[C@@H](c2ncc(C)s2)C2CC2)on1. The Labute approximate surface area is 133 Å². The maximum atomic E-state index is 12.1. The van der Waals surface area contributed by atoms with Crippen molar-refractivity contribution in [2.75, 3.05) is 0 Å². The molecule has 0 bridgehead atoms. The number of carbonyl (C=O) groups is 1. The zero-order valence-corrected chi connectivity index (χ0v) is 13.6. The molecule has 22 heavy (non-hydrogen) atoms. The van der Waals surface area contributed by atoms with Crippen LogP contribution in [-0.4, -0.2) is 16.2 Å². The summed E-state index contributed by atoms with van der Waals surface area (Å²) in [6, 6.07) is 1.68. The van der Waals surface area contributed by atoms with Gasteiger partial charge in [-0.2, -0.15) is 0 Å². The molecule has 2 heterocycles. The molecule has 2 amide bonds.